The summed E-state index contributed by atoms with van der Waals surface area (Å²) < 4.78 is 0. The summed E-state index contributed by atoms with van der Waals surface area (Å²) in [6, 6.07) is 0. The third-order valence-electron chi connectivity index (χ3n) is 2.18. The van der Waals surface area contributed by atoms with Crippen LogP contribution in [0.2, 0.25) is 0 Å². The summed E-state index contributed by atoms with van der Waals surface area (Å²) in [6.07, 6.45) is 7.82. The molecule has 0 bridgehead atoms. The summed E-state index contributed by atoms with van der Waals surface area (Å²) in [5, 5.41) is 6.96. The Morgan fingerprint density at radius 1 is 1.56 bits per heavy atom. The van der Waals surface area contributed by atoms with Crippen LogP contribution in [0.1, 0.15) is 19.8 Å². The van der Waals surface area contributed by atoms with E-state index in [9.17, 15) is 0 Å². The Morgan fingerprint density at radius 3 is 2.94 bits per heavy atom. The van der Waals surface area contributed by atoms with E-state index in [-0.39, 0.29) is 24.0 Å². The number of hydrogen-bond donors (Lipinski definition) is 2. The highest BCUT2D eigenvalue weighted by Gasteiger charge is 2.14. The van der Waals surface area contributed by atoms with Crippen molar-refractivity contribution in [3.05, 3.63) is 0 Å². The van der Waals surface area contributed by atoms with Crippen LogP contribution in [-0.2, 0) is 0 Å². The first kappa shape index (κ1) is 15.9. The molecule has 5 heteroatoms. The van der Waals surface area contributed by atoms with Crippen molar-refractivity contribution < 1.29 is 0 Å². The summed E-state index contributed by atoms with van der Waals surface area (Å²) in [4.78, 5) is 4.51. The molecule has 0 spiro atoms. The van der Waals surface area contributed by atoms with E-state index >= 15 is 0 Å². The molecule has 1 unspecified atom stereocenters. The van der Waals surface area contributed by atoms with Gasteiger partial charge in [0.1, 0.15) is 0 Å². The lowest BCUT2D eigenvalue weighted by Crippen LogP contribution is -2.37. The van der Waals surface area contributed by atoms with E-state index in [1.54, 1.807) is 0 Å². The minimum absolute atomic E-state index is 0. The van der Waals surface area contributed by atoms with Crippen LogP contribution in [0.15, 0.2) is 4.99 Å². The molecule has 1 saturated heterocycles. The number of nitrogens with one attached hydrogen (secondary N) is 2. The SMILES string of the molecule is C#CCNC(=NCC1CCCS1)NCC.I. The second kappa shape index (κ2) is 10.1. The molecule has 1 atom stereocenters. The van der Waals surface area contributed by atoms with Crippen molar-refractivity contribution in [2.24, 2.45) is 4.99 Å². The standard InChI is InChI=1S/C11H19N3S.HI/c1-3-7-13-11(12-4-2)14-9-10-6-5-8-15-10;/h1,10H,4-9H2,2H3,(H2,12,13,14);1H. The average Bonchev–Trinajstić information content (AvgIpc) is 2.75. The lowest BCUT2D eigenvalue weighted by Gasteiger charge is -2.10. The Hall–Kier alpha value is -0.0900. The predicted molar refractivity (Wildman–Crippen MR) is 83.7 cm³/mol. The summed E-state index contributed by atoms with van der Waals surface area (Å²) in [7, 11) is 0. The molecule has 3 nitrogen and oxygen atoms in total. The lowest BCUT2D eigenvalue weighted by molar-refractivity contribution is 0.773. The maximum Gasteiger partial charge on any atom is 0.192 e. The maximum absolute atomic E-state index is 5.19. The third kappa shape index (κ3) is 6.48. The van der Waals surface area contributed by atoms with E-state index in [1.165, 1.54) is 18.6 Å². The van der Waals surface area contributed by atoms with Gasteiger partial charge >= 0.3 is 0 Å². The molecule has 0 aromatic heterocycles. The maximum atomic E-state index is 5.19. The first-order valence-electron chi connectivity index (χ1n) is 5.44. The van der Waals surface area contributed by atoms with Crippen molar-refractivity contribution in [1.82, 2.24) is 10.6 Å². The minimum Gasteiger partial charge on any atom is -0.357 e. The molecule has 1 rings (SSSR count). The molecule has 0 aliphatic carbocycles. The zero-order valence-corrected chi connectivity index (χ0v) is 12.8. The molecule has 1 aliphatic rings. The number of terminal acetylenes is 1. The van der Waals surface area contributed by atoms with E-state index in [0.29, 0.717) is 11.8 Å². The number of thioether (sulfide) groups is 1. The van der Waals surface area contributed by atoms with Crippen LogP contribution < -0.4 is 10.6 Å². The number of guanidine groups is 1. The normalized spacial score (nSPS) is 19.8. The summed E-state index contributed by atoms with van der Waals surface area (Å²) in [5.41, 5.74) is 0. The van der Waals surface area contributed by atoms with Gasteiger partial charge in [0, 0.05) is 11.8 Å². The molecular formula is C11H20IN3S. The fraction of sp³-hybridized carbons (Fsp3) is 0.727. The summed E-state index contributed by atoms with van der Waals surface area (Å²) in [6.45, 7) is 4.35. The van der Waals surface area contributed by atoms with Crippen LogP contribution >= 0.6 is 35.7 Å². The second-order valence-corrected chi connectivity index (χ2v) is 4.82. The fourth-order valence-electron chi connectivity index (χ4n) is 1.46. The summed E-state index contributed by atoms with van der Waals surface area (Å²) >= 11 is 2.02. The molecule has 0 saturated carbocycles. The molecule has 0 amide bonds. The van der Waals surface area contributed by atoms with Gasteiger partial charge in [-0.1, -0.05) is 5.92 Å². The first-order chi connectivity index (χ1) is 7.36. The highest BCUT2D eigenvalue weighted by atomic mass is 127. The van der Waals surface area contributed by atoms with Gasteiger partial charge in [-0.15, -0.1) is 30.4 Å². The van der Waals surface area contributed by atoms with Gasteiger partial charge in [-0.3, -0.25) is 4.99 Å². The van der Waals surface area contributed by atoms with Gasteiger partial charge in [0.05, 0.1) is 13.1 Å². The van der Waals surface area contributed by atoms with Crippen molar-refractivity contribution in [2.75, 3.05) is 25.4 Å². The van der Waals surface area contributed by atoms with Crippen molar-refractivity contribution in [3.8, 4) is 12.3 Å². The van der Waals surface area contributed by atoms with Gasteiger partial charge in [-0.05, 0) is 25.5 Å². The smallest absolute Gasteiger partial charge is 0.192 e. The Bertz CT molecular complexity index is 244. The van der Waals surface area contributed by atoms with Crippen LogP contribution in [-0.4, -0.2) is 36.6 Å². The number of halogens is 1. The second-order valence-electron chi connectivity index (χ2n) is 3.41. The Balaban J connectivity index is 0.00000225. The number of nitrogens with zero attached hydrogens (tertiary/aromatic N) is 1. The number of rotatable bonds is 4. The van der Waals surface area contributed by atoms with Gasteiger partial charge in [0.15, 0.2) is 5.96 Å². The van der Waals surface area contributed by atoms with E-state index in [1.807, 2.05) is 11.8 Å². The first-order valence-corrected chi connectivity index (χ1v) is 6.49. The van der Waals surface area contributed by atoms with Crippen LogP contribution in [0.3, 0.4) is 0 Å². The van der Waals surface area contributed by atoms with Gasteiger partial charge in [-0.2, -0.15) is 11.8 Å². The van der Waals surface area contributed by atoms with Crippen LogP contribution in [0.4, 0.5) is 0 Å². The van der Waals surface area contributed by atoms with Gasteiger partial charge in [-0.25, -0.2) is 0 Å². The lowest BCUT2D eigenvalue weighted by atomic mass is 10.2. The minimum atomic E-state index is 0. The molecule has 1 heterocycles. The van der Waals surface area contributed by atoms with Crippen LogP contribution in [0.25, 0.3) is 0 Å². The Kier molecular flexibility index (Phi) is 10.0. The average molecular weight is 353 g/mol. The van der Waals surface area contributed by atoms with Crippen LogP contribution in [0.5, 0.6) is 0 Å². The van der Waals surface area contributed by atoms with Gasteiger partial charge < -0.3 is 10.6 Å². The third-order valence-corrected chi connectivity index (χ3v) is 3.56. The largest absolute Gasteiger partial charge is 0.357 e. The van der Waals surface area contributed by atoms with Crippen molar-refractivity contribution >= 4 is 41.7 Å². The monoisotopic (exact) mass is 353 g/mol. The molecule has 0 radical (unpaired) electrons. The highest BCUT2D eigenvalue weighted by Crippen LogP contribution is 2.25. The summed E-state index contributed by atoms with van der Waals surface area (Å²) in [5.74, 6) is 4.67. The molecule has 92 valence electrons. The molecule has 1 fully saturated rings. The van der Waals surface area contributed by atoms with Crippen molar-refractivity contribution in [2.45, 2.75) is 25.0 Å². The van der Waals surface area contributed by atoms with E-state index in [4.69, 9.17) is 6.42 Å². The topological polar surface area (TPSA) is 36.4 Å². The van der Waals surface area contributed by atoms with E-state index < -0.39 is 0 Å². The molecule has 0 aromatic rings. The Morgan fingerprint density at radius 2 is 2.38 bits per heavy atom. The quantitative estimate of drug-likeness (QED) is 0.350. The predicted octanol–water partition coefficient (Wildman–Crippen LogP) is 1.69. The number of aliphatic imine (C=N–C) groups is 1. The fourth-order valence-corrected chi connectivity index (χ4v) is 2.64. The van der Waals surface area contributed by atoms with Gasteiger partial charge in [0.2, 0.25) is 0 Å². The van der Waals surface area contributed by atoms with Crippen molar-refractivity contribution in [1.29, 1.82) is 0 Å². The number of hydrogen-bond acceptors (Lipinski definition) is 2. The molecule has 16 heavy (non-hydrogen) atoms. The molecule has 1 aliphatic heterocycles. The molecular weight excluding hydrogens is 333 g/mol. The van der Waals surface area contributed by atoms with Crippen LogP contribution in [0, 0.1) is 12.3 Å². The Labute approximate surface area is 120 Å². The zero-order valence-electron chi connectivity index (χ0n) is 9.66. The highest BCUT2D eigenvalue weighted by molar-refractivity contribution is 14.0. The zero-order chi connectivity index (χ0) is 10.9. The van der Waals surface area contributed by atoms with E-state index in [0.717, 1.165) is 19.0 Å². The molecule has 0 aromatic carbocycles. The van der Waals surface area contributed by atoms with Crippen molar-refractivity contribution in [3.63, 3.8) is 0 Å². The molecule has 2 N–H and O–H groups in total. The van der Waals surface area contributed by atoms with Gasteiger partial charge in [0.25, 0.3) is 0 Å². The van der Waals surface area contributed by atoms with E-state index in [2.05, 4.69) is 28.5 Å².